The molecule has 1 amide bonds. The second-order valence-electron chi connectivity index (χ2n) is 4.67. The van der Waals surface area contributed by atoms with Crippen LogP contribution in [0.25, 0.3) is 0 Å². The number of hydrogen-bond donors (Lipinski definition) is 2. The van der Waals surface area contributed by atoms with Crippen molar-refractivity contribution in [3.63, 3.8) is 0 Å². The molecule has 0 aromatic carbocycles. The summed E-state index contributed by atoms with van der Waals surface area (Å²) in [4.78, 5) is 15.9. The molecule has 2 heterocycles. The molecule has 0 bridgehead atoms. The third kappa shape index (κ3) is 2.57. The highest BCUT2D eigenvalue weighted by Gasteiger charge is 2.23. The third-order valence-corrected chi connectivity index (χ3v) is 3.09. The van der Waals surface area contributed by atoms with E-state index in [4.69, 9.17) is 0 Å². The molecule has 0 saturated heterocycles. The van der Waals surface area contributed by atoms with Gasteiger partial charge in [-0.05, 0) is 30.9 Å². The van der Waals surface area contributed by atoms with E-state index in [1.165, 1.54) is 25.1 Å². The van der Waals surface area contributed by atoms with Gasteiger partial charge in [-0.15, -0.1) is 0 Å². The summed E-state index contributed by atoms with van der Waals surface area (Å²) in [7, 11) is 0. The Morgan fingerprint density at radius 3 is 3.00 bits per heavy atom. The zero-order valence-electron chi connectivity index (χ0n) is 10.3. The van der Waals surface area contributed by atoms with E-state index in [1.807, 2.05) is 0 Å². The molecule has 0 aliphatic heterocycles. The van der Waals surface area contributed by atoms with Crippen molar-refractivity contribution >= 4 is 11.7 Å². The largest absolute Gasteiger partial charge is 0.505 e. The molecule has 0 radical (unpaired) electrons. The lowest BCUT2D eigenvalue weighted by atomic mass is 10.3. The number of rotatable bonds is 4. The molecule has 6 heteroatoms. The fourth-order valence-corrected chi connectivity index (χ4v) is 1.88. The molecule has 2 aromatic rings. The van der Waals surface area contributed by atoms with Crippen molar-refractivity contribution in [1.82, 2.24) is 14.8 Å². The van der Waals surface area contributed by atoms with Gasteiger partial charge in [-0.1, -0.05) is 0 Å². The van der Waals surface area contributed by atoms with Crippen LogP contribution in [0.5, 0.6) is 5.75 Å². The topological polar surface area (TPSA) is 80.0 Å². The number of carbonyl (C=O) groups excluding carboxylic acids is 1. The van der Waals surface area contributed by atoms with E-state index >= 15 is 0 Å². The zero-order chi connectivity index (χ0) is 13.2. The van der Waals surface area contributed by atoms with Crippen molar-refractivity contribution in [2.24, 2.45) is 5.92 Å². The van der Waals surface area contributed by atoms with Crippen molar-refractivity contribution in [1.29, 1.82) is 0 Å². The fourth-order valence-electron chi connectivity index (χ4n) is 1.88. The van der Waals surface area contributed by atoms with Crippen LogP contribution >= 0.6 is 0 Å². The summed E-state index contributed by atoms with van der Waals surface area (Å²) in [6.07, 6.45) is 5.55. The summed E-state index contributed by atoms with van der Waals surface area (Å²) in [6.45, 7) is 0.816. The van der Waals surface area contributed by atoms with Crippen LogP contribution in [0.3, 0.4) is 0 Å². The normalized spacial score (nSPS) is 14.3. The highest BCUT2D eigenvalue weighted by molar-refractivity contribution is 6.04. The van der Waals surface area contributed by atoms with Crippen LogP contribution < -0.4 is 5.32 Å². The van der Waals surface area contributed by atoms with Gasteiger partial charge in [0.15, 0.2) is 5.69 Å². The van der Waals surface area contributed by atoms with Crippen LogP contribution in [-0.2, 0) is 6.54 Å². The van der Waals surface area contributed by atoms with Crippen LogP contribution in [0, 0.1) is 5.92 Å². The van der Waals surface area contributed by atoms with Gasteiger partial charge < -0.3 is 10.4 Å². The molecule has 1 saturated carbocycles. The predicted molar refractivity (Wildman–Crippen MR) is 68.8 cm³/mol. The van der Waals surface area contributed by atoms with Crippen molar-refractivity contribution in [2.45, 2.75) is 19.4 Å². The van der Waals surface area contributed by atoms with E-state index < -0.39 is 5.91 Å². The van der Waals surface area contributed by atoms with Crippen molar-refractivity contribution in [3.05, 3.63) is 36.3 Å². The molecule has 2 aromatic heterocycles. The summed E-state index contributed by atoms with van der Waals surface area (Å²) in [5, 5.41) is 16.5. The van der Waals surface area contributed by atoms with Crippen molar-refractivity contribution in [2.75, 3.05) is 5.32 Å². The number of nitrogens with zero attached hydrogens (tertiary/aromatic N) is 3. The number of anilines is 1. The monoisotopic (exact) mass is 258 g/mol. The van der Waals surface area contributed by atoms with E-state index in [2.05, 4.69) is 15.4 Å². The summed E-state index contributed by atoms with van der Waals surface area (Å²) >= 11 is 0. The molecule has 0 atom stereocenters. The highest BCUT2D eigenvalue weighted by atomic mass is 16.3. The van der Waals surface area contributed by atoms with Gasteiger partial charge in [-0.2, -0.15) is 5.10 Å². The zero-order valence-corrected chi connectivity index (χ0v) is 10.3. The van der Waals surface area contributed by atoms with Gasteiger partial charge in [0.1, 0.15) is 11.6 Å². The van der Waals surface area contributed by atoms with E-state index in [9.17, 15) is 9.90 Å². The van der Waals surface area contributed by atoms with Gasteiger partial charge >= 0.3 is 0 Å². The predicted octanol–water partition coefficient (Wildman–Crippen LogP) is 1.65. The Balaban J connectivity index is 1.76. The molecule has 0 unspecified atom stereocenters. The Hall–Kier alpha value is -2.37. The minimum absolute atomic E-state index is 0.0154. The molecule has 6 nitrogen and oxygen atoms in total. The van der Waals surface area contributed by atoms with Gasteiger partial charge in [-0.25, -0.2) is 9.67 Å². The molecule has 98 valence electrons. The lowest BCUT2D eigenvalue weighted by Crippen LogP contribution is -2.17. The Morgan fingerprint density at radius 1 is 1.42 bits per heavy atom. The lowest BCUT2D eigenvalue weighted by molar-refractivity contribution is 0.101. The molecule has 1 aliphatic carbocycles. The fraction of sp³-hybridized carbons (Fsp3) is 0.308. The van der Waals surface area contributed by atoms with Crippen LogP contribution in [0.2, 0.25) is 0 Å². The molecule has 0 spiro atoms. The maximum absolute atomic E-state index is 12.0. The first-order chi connectivity index (χ1) is 9.24. The maximum Gasteiger partial charge on any atom is 0.279 e. The van der Waals surface area contributed by atoms with Gasteiger partial charge in [-0.3, -0.25) is 4.79 Å². The van der Waals surface area contributed by atoms with Crippen LogP contribution in [0.4, 0.5) is 5.82 Å². The smallest absolute Gasteiger partial charge is 0.279 e. The summed E-state index contributed by atoms with van der Waals surface area (Å²) in [6, 6.07) is 4.74. The number of hydrogen-bond acceptors (Lipinski definition) is 4. The quantitative estimate of drug-likeness (QED) is 0.873. The Labute approximate surface area is 110 Å². The second-order valence-corrected chi connectivity index (χ2v) is 4.67. The van der Waals surface area contributed by atoms with E-state index in [1.54, 1.807) is 23.0 Å². The van der Waals surface area contributed by atoms with Gasteiger partial charge in [0, 0.05) is 18.8 Å². The number of aromatic hydroxyl groups is 1. The first kappa shape index (κ1) is 11.7. The minimum atomic E-state index is -0.435. The standard InChI is InChI=1S/C13H14N4O2/c18-10-2-1-6-14-12(10)13(19)16-11-5-7-15-17(11)8-9-3-4-9/h1-2,5-7,9,18H,3-4,8H2,(H,16,19). The number of pyridine rings is 1. The van der Waals surface area contributed by atoms with Crippen molar-refractivity contribution < 1.29 is 9.90 Å². The van der Waals surface area contributed by atoms with Gasteiger partial charge in [0.05, 0.1) is 6.20 Å². The van der Waals surface area contributed by atoms with E-state index in [0.717, 1.165) is 6.54 Å². The van der Waals surface area contributed by atoms with Crippen LogP contribution in [-0.4, -0.2) is 25.8 Å². The molecule has 1 aliphatic rings. The average molecular weight is 258 g/mol. The maximum atomic E-state index is 12.0. The van der Waals surface area contributed by atoms with E-state index in [-0.39, 0.29) is 11.4 Å². The van der Waals surface area contributed by atoms with Crippen LogP contribution in [0.1, 0.15) is 23.3 Å². The molecular weight excluding hydrogens is 244 g/mol. The summed E-state index contributed by atoms with van der Waals surface area (Å²) in [5.41, 5.74) is 0.0154. The first-order valence-electron chi connectivity index (χ1n) is 6.21. The molecule has 19 heavy (non-hydrogen) atoms. The van der Waals surface area contributed by atoms with Gasteiger partial charge in [0.25, 0.3) is 5.91 Å². The third-order valence-electron chi connectivity index (χ3n) is 3.09. The second kappa shape index (κ2) is 4.72. The SMILES string of the molecule is O=C(Nc1ccnn1CC1CC1)c1ncccc1O. The summed E-state index contributed by atoms with van der Waals surface area (Å²) < 4.78 is 1.77. The number of aromatic nitrogens is 3. The Bertz CT molecular complexity index is 604. The number of carbonyl (C=O) groups is 1. The lowest BCUT2D eigenvalue weighted by Gasteiger charge is -2.08. The Kier molecular flexibility index (Phi) is 2.91. The number of amides is 1. The summed E-state index contributed by atoms with van der Waals surface area (Å²) in [5.74, 6) is 0.727. The van der Waals surface area contributed by atoms with Crippen LogP contribution in [0.15, 0.2) is 30.6 Å². The van der Waals surface area contributed by atoms with E-state index in [0.29, 0.717) is 11.7 Å². The van der Waals surface area contributed by atoms with Gasteiger partial charge in [0.2, 0.25) is 0 Å². The highest BCUT2D eigenvalue weighted by Crippen LogP contribution is 2.31. The number of nitrogens with one attached hydrogen (secondary N) is 1. The molecule has 3 rings (SSSR count). The van der Waals surface area contributed by atoms with Crippen molar-refractivity contribution in [3.8, 4) is 5.75 Å². The molecule has 1 fully saturated rings. The first-order valence-corrected chi connectivity index (χ1v) is 6.21. The molecular formula is C13H14N4O2. The average Bonchev–Trinajstić information content (AvgIpc) is 3.11. The molecule has 2 N–H and O–H groups in total. The minimum Gasteiger partial charge on any atom is -0.505 e. The Morgan fingerprint density at radius 2 is 2.26 bits per heavy atom.